The topological polar surface area (TPSA) is 80.3 Å². The molecule has 0 radical (unpaired) electrons. The molecule has 0 aliphatic heterocycles. The van der Waals surface area contributed by atoms with Crippen molar-refractivity contribution in [3.63, 3.8) is 0 Å². The first-order valence-electron chi connectivity index (χ1n) is 9.35. The number of carbonyl (C=O) groups is 2. The fourth-order valence-corrected chi connectivity index (χ4v) is 2.83. The molecular formula is C23H23N3O3. The molecule has 0 fully saturated rings. The van der Waals surface area contributed by atoms with Gasteiger partial charge in [-0.15, -0.1) is 0 Å². The lowest BCUT2D eigenvalue weighted by Gasteiger charge is -2.09. The highest BCUT2D eigenvalue weighted by Crippen LogP contribution is 2.24. The number of anilines is 2. The van der Waals surface area contributed by atoms with Crippen molar-refractivity contribution in [1.29, 1.82) is 0 Å². The lowest BCUT2D eigenvalue weighted by atomic mass is 10.1. The molecule has 1 heterocycles. The molecule has 2 N–H and O–H groups in total. The SMILES string of the molecule is CC(=O)Nc1cc(Oc2cccc(CCC(=O)Nc3cccc(C)c3)c2)ccn1. The van der Waals surface area contributed by atoms with Crippen LogP contribution in [0.5, 0.6) is 11.5 Å². The molecule has 3 rings (SSSR count). The van der Waals surface area contributed by atoms with Gasteiger partial charge in [0.1, 0.15) is 17.3 Å². The first-order valence-corrected chi connectivity index (χ1v) is 9.35. The predicted molar refractivity (Wildman–Crippen MR) is 113 cm³/mol. The number of hydrogen-bond acceptors (Lipinski definition) is 4. The van der Waals surface area contributed by atoms with Crippen molar-refractivity contribution in [2.75, 3.05) is 10.6 Å². The van der Waals surface area contributed by atoms with Gasteiger partial charge in [-0.05, 0) is 54.8 Å². The molecule has 1 aromatic heterocycles. The largest absolute Gasteiger partial charge is 0.457 e. The van der Waals surface area contributed by atoms with Crippen molar-refractivity contribution < 1.29 is 14.3 Å². The summed E-state index contributed by atoms with van der Waals surface area (Å²) in [7, 11) is 0. The van der Waals surface area contributed by atoms with E-state index in [1.165, 1.54) is 6.92 Å². The molecule has 0 saturated carbocycles. The van der Waals surface area contributed by atoms with E-state index in [0.717, 1.165) is 16.8 Å². The predicted octanol–water partition coefficient (Wildman–Crippen LogP) is 4.71. The molecule has 0 aliphatic rings. The maximum atomic E-state index is 12.2. The summed E-state index contributed by atoms with van der Waals surface area (Å²) in [5, 5.41) is 5.54. The van der Waals surface area contributed by atoms with Gasteiger partial charge in [-0.3, -0.25) is 9.59 Å². The van der Waals surface area contributed by atoms with Crippen LogP contribution in [0.3, 0.4) is 0 Å². The molecule has 2 amide bonds. The highest BCUT2D eigenvalue weighted by molar-refractivity contribution is 5.91. The van der Waals surface area contributed by atoms with E-state index in [0.29, 0.717) is 30.2 Å². The first kappa shape index (κ1) is 20.1. The van der Waals surface area contributed by atoms with Gasteiger partial charge in [0, 0.05) is 31.3 Å². The number of rotatable bonds is 7. The van der Waals surface area contributed by atoms with Crippen LogP contribution in [0.2, 0.25) is 0 Å². The molecule has 0 spiro atoms. The second-order valence-corrected chi connectivity index (χ2v) is 6.73. The minimum Gasteiger partial charge on any atom is -0.457 e. The second kappa shape index (κ2) is 9.50. The Morgan fingerprint density at radius 1 is 0.966 bits per heavy atom. The third kappa shape index (κ3) is 6.46. The number of ether oxygens (including phenoxy) is 1. The molecule has 0 aliphatic carbocycles. The number of hydrogen-bond donors (Lipinski definition) is 2. The highest BCUT2D eigenvalue weighted by Gasteiger charge is 2.06. The third-order valence-corrected chi connectivity index (χ3v) is 4.11. The fourth-order valence-electron chi connectivity index (χ4n) is 2.83. The summed E-state index contributed by atoms with van der Waals surface area (Å²) in [6.07, 6.45) is 2.54. The number of pyridine rings is 1. The molecule has 0 atom stereocenters. The standard InChI is InChI=1S/C23H23N3O3/c1-16-5-3-7-19(13-16)26-23(28)10-9-18-6-4-8-20(14-18)29-21-11-12-24-22(15-21)25-17(2)27/h3-8,11-15H,9-10H2,1-2H3,(H,26,28)(H,24,25,27). The van der Waals surface area contributed by atoms with Crippen LogP contribution in [0.1, 0.15) is 24.5 Å². The van der Waals surface area contributed by atoms with Crippen molar-refractivity contribution in [2.45, 2.75) is 26.7 Å². The summed E-state index contributed by atoms with van der Waals surface area (Å²) >= 11 is 0. The number of aryl methyl sites for hydroxylation is 2. The van der Waals surface area contributed by atoms with Crippen molar-refractivity contribution in [3.05, 3.63) is 78.0 Å². The van der Waals surface area contributed by atoms with Gasteiger partial charge in [-0.1, -0.05) is 24.3 Å². The van der Waals surface area contributed by atoms with Crippen LogP contribution in [0, 0.1) is 6.92 Å². The maximum Gasteiger partial charge on any atom is 0.224 e. The number of nitrogens with one attached hydrogen (secondary N) is 2. The van der Waals surface area contributed by atoms with Crippen LogP contribution in [-0.2, 0) is 16.0 Å². The Balaban J connectivity index is 1.58. The molecule has 6 nitrogen and oxygen atoms in total. The number of benzene rings is 2. The van der Waals surface area contributed by atoms with E-state index in [1.54, 1.807) is 18.3 Å². The van der Waals surface area contributed by atoms with Gasteiger partial charge in [-0.25, -0.2) is 4.98 Å². The van der Waals surface area contributed by atoms with E-state index in [1.807, 2.05) is 55.5 Å². The lowest BCUT2D eigenvalue weighted by molar-refractivity contribution is -0.116. The number of amides is 2. The van der Waals surface area contributed by atoms with Gasteiger partial charge in [-0.2, -0.15) is 0 Å². The van der Waals surface area contributed by atoms with Gasteiger partial charge >= 0.3 is 0 Å². The molecule has 2 aromatic carbocycles. The van der Waals surface area contributed by atoms with E-state index in [9.17, 15) is 9.59 Å². The quantitative estimate of drug-likeness (QED) is 0.613. The molecule has 0 unspecified atom stereocenters. The van der Waals surface area contributed by atoms with Gasteiger partial charge in [0.15, 0.2) is 0 Å². The van der Waals surface area contributed by atoms with Crippen LogP contribution < -0.4 is 15.4 Å². The zero-order chi connectivity index (χ0) is 20.6. The van der Waals surface area contributed by atoms with E-state index >= 15 is 0 Å². The Kier molecular flexibility index (Phi) is 6.58. The van der Waals surface area contributed by atoms with E-state index in [4.69, 9.17) is 4.74 Å². The zero-order valence-electron chi connectivity index (χ0n) is 16.4. The minimum atomic E-state index is -0.194. The van der Waals surface area contributed by atoms with E-state index in [2.05, 4.69) is 15.6 Å². The number of aromatic nitrogens is 1. The van der Waals surface area contributed by atoms with Gasteiger partial charge in [0.05, 0.1) is 0 Å². The molecule has 29 heavy (non-hydrogen) atoms. The molecule has 6 heteroatoms. The first-order chi connectivity index (χ1) is 14.0. The van der Waals surface area contributed by atoms with Crippen LogP contribution in [0.15, 0.2) is 66.9 Å². The average Bonchev–Trinajstić information content (AvgIpc) is 2.66. The summed E-state index contributed by atoms with van der Waals surface area (Å²) in [5.41, 5.74) is 2.91. The Hall–Kier alpha value is -3.67. The fraction of sp³-hybridized carbons (Fsp3) is 0.174. The van der Waals surface area contributed by atoms with E-state index in [-0.39, 0.29) is 11.8 Å². The van der Waals surface area contributed by atoms with Crippen molar-refractivity contribution >= 4 is 23.3 Å². The Labute approximate surface area is 169 Å². The van der Waals surface area contributed by atoms with Crippen LogP contribution in [0.25, 0.3) is 0 Å². The molecule has 148 valence electrons. The zero-order valence-corrected chi connectivity index (χ0v) is 16.4. The minimum absolute atomic E-state index is 0.0315. The second-order valence-electron chi connectivity index (χ2n) is 6.73. The maximum absolute atomic E-state index is 12.2. The van der Waals surface area contributed by atoms with Crippen LogP contribution >= 0.6 is 0 Å². The normalized spacial score (nSPS) is 10.3. The molecule has 0 saturated heterocycles. The Bertz CT molecular complexity index is 1020. The Morgan fingerprint density at radius 2 is 1.76 bits per heavy atom. The Morgan fingerprint density at radius 3 is 2.55 bits per heavy atom. The number of nitrogens with zero attached hydrogens (tertiary/aromatic N) is 1. The average molecular weight is 389 g/mol. The lowest BCUT2D eigenvalue weighted by Crippen LogP contribution is -2.12. The number of carbonyl (C=O) groups excluding carboxylic acids is 2. The van der Waals surface area contributed by atoms with Crippen molar-refractivity contribution in [1.82, 2.24) is 4.98 Å². The third-order valence-electron chi connectivity index (χ3n) is 4.11. The van der Waals surface area contributed by atoms with Gasteiger partial charge in [0.25, 0.3) is 0 Å². The summed E-state index contributed by atoms with van der Waals surface area (Å²) < 4.78 is 5.87. The van der Waals surface area contributed by atoms with Gasteiger partial charge in [0.2, 0.25) is 11.8 Å². The molecule has 3 aromatic rings. The monoisotopic (exact) mass is 389 g/mol. The summed E-state index contributed by atoms with van der Waals surface area (Å²) in [6.45, 7) is 3.41. The molecule has 0 bridgehead atoms. The molecular weight excluding hydrogens is 366 g/mol. The van der Waals surface area contributed by atoms with Crippen molar-refractivity contribution in [3.8, 4) is 11.5 Å². The smallest absolute Gasteiger partial charge is 0.224 e. The highest BCUT2D eigenvalue weighted by atomic mass is 16.5. The van der Waals surface area contributed by atoms with Crippen LogP contribution in [-0.4, -0.2) is 16.8 Å². The summed E-state index contributed by atoms with van der Waals surface area (Å²) in [6, 6.07) is 18.7. The summed E-state index contributed by atoms with van der Waals surface area (Å²) in [5.74, 6) is 1.43. The van der Waals surface area contributed by atoms with Crippen LogP contribution in [0.4, 0.5) is 11.5 Å². The van der Waals surface area contributed by atoms with Gasteiger partial charge < -0.3 is 15.4 Å². The summed E-state index contributed by atoms with van der Waals surface area (Å²) in [4.78, 5) is 27.4. The van der Waals surface area contributed by atoms with E-state index < -0.39 is 0 Å². The van der Waals surface area contributed by atoms with Crippen molar-refractivity contribution in [2.24, 2.45) is 0 Å².